The summed E-state index contributed by atoms with van der Waals surface area (Å²) in [5.74, 6) is -0.432. The highest BCUT2D eigenvalue weighted by atomic mass is 35.5. The van der Waals surface area contributed by atoms with Gasteiger partial charge in [-0.3, -0.25) is 9.59 Å². The number of esters is 2. The van der Waals surface area contributed by atoms with Crippen molar-refractivity contribution in [3.8, 4) is 11.5 Å². The Labute approximate surface area is 150 Å². The molecule has 0 N–H and O–H groups in total. The van der Waals surface area contributed by atoms with Gasteiger partial charge in [0, 0.05) is 0 Å². The van der Waals surface area contributed by atoms with Crippen LogP contribution >= 0.6 is 23.2 Å². The van der Waals surface area contributed by atoms with E-state index in [-0.39, 0.29) is 28.6 Å². The van der Waals surface area contributed by atoms with Crippen LogP contribution in [-0.4, -0.2) is 11.9 Å². The Morgan fingerprint density at radius 3 is 2.08 bits per heavy atom. The van der Waals surface area contributed by atoms with E-state index < -0.39 is 11.9 Å². The van der Waals surface area contributed by atoms with Gasteiger partial charge in [-0.1, -0.05) is 41.4 Å². The van der Waals surface area contributed by atoms with E-state index in [1.54, 1.807) is 24.3 Å². The van der Waals surface area contributed by atoms with Gasteiger partial charge in [-0.2, -0.15) is 0 Å². The molecule has 2 aromatic carbocycles. The van der Waals surface area contributed by atoms with Crippen LogP contribution in [0, 0.1) is 13.8 Å². The predicted molar refractivity (Wildman–Crippen MR) is 92.9 cm³/mol. The van der Waals surface area contributed by atoms with Crippen molar-refractivity contribution in [2.45, 2.75) is 26.7 Å². The lowest BCUT2D eigenvalue weighted by Gasteiger charge is -2.09. The van der Waals surface area contributed by atoms with Crippen molar-refractivity contribution < 1.29 is 19.1 Å². The van der Waals surface area contributed by atoms with Gasteiger partial charge >= 0.3 is 11.9 Å². The van der Waals surface area contributed by atoms with Gasteiger partial charge in [-0.25, -0.2) is 0 Å². The maximum Gasteiger partial charge on any atom is 0.311 e. The Hall–Kier alpha value is -2.04. The number of halogens is 2. The minimum atomic E-state index is -0.586. The third-order valence-electron chi connectivity index (χ3n) is 3.45. The lowest BCUT2D eigenvalue weighted by atomic mass is 10.1. The molecule has 0 bridgehead atoms. The molecule has 2 aromatic rings. The van der Waals surface area contributed by atoms with Crippen LogP contribution in [0.3, 0.4) is 0 Å². The molecule has 0 amide bonds. The fraction of sp³-hybridized carbons (Fsp3) is 0.222. The van der Waals surface area contributed by atoms with Crippen molar-refractivity contribution >= 4 is 35.1 Å². The summed E-state index contributed by atoms with van der Waals surface area (Å²) in [6.07, 6.45) is -0.211. The van der Waals surface area contributed by atoms with Crippen LogP contribution in [0.2, 0.25) is 10.0 Å². The molecule has 0 atom stereocenters. The number of benzene rings is 2. The highest BCUT2D eigenvalue weighted by molar-refractivity contribution is 6.43. The molecule has 0 radical (unpaired) electrons. The number of rotatable bonds is 5. The van der Waals surface area contributed by atoms with Gasteiger partial charge < -0.3 is 9.47 Å². The first-order chi connectivity index (χ1) is 11.4. The highest BCUT2D eigenvalue weighted by Crippen LogP contribution is 2.31. The molecule has 0 aliphatic rings. The SMILES string of the molecule is Cc1cccc(OC(=O)CCC(=O)Oc2cccc(Cl)c2Cl)c1C. The number of carbonyl (C=O) groups is 2. The second-order valence-corrected chi connectivity index (χ2v) is 5.98. The molecule has 4 nitrogen and oxygen atoms in total. The van der Waals surface area contributed by atoms with E-state index in [0.29, 0.717) is 5.75 Å². The molecule has 0 aliphatic carbocycles. The van der Waals surface area contributed by atoms with E-state index in [1.165, 1.54) is 6.07 Å². The minimum Gasteiger partial charge on any atom is -0.426 e. The minimum absolute atomic E-state index is 0.0929. The summed E-state index contributed by atoms with van der Waals surface area (Å²) >= 11 is 11.8. The predicted octanol–water partition coefficient (Wildman–Crippen LogP) is 4.90. The standard InChI is InChI=1S/C18H16Cl2O4/c1-11-5-3-7-14(12(11)2)23-16(21)9-10-17(22)24-15-8-4-6-13(19)18(15)20/h3-8H,9-10H2,1-2H3. The van der Waals surface area contributed by atoms with Crippen LogP contribution in [-0.2, 0) is 9.59 Å². The zero-order chi connectivity index (χ0) is 17.7. The van der Waals surface area contributed by atoms with Gasteiger partial charge in [-0.15, -0.1) is 0 Å². The summed E-state index contributed by atoms with van der Waals surface area (Å²) in [6, 6.07) is 10.2. The Kier molecular flexibility index (Phi) is 6.23. The van der Waals surface area contributed by atoms with Crippen LogP contribution in [0.15, 0.2) is 36.4 Å². The Morgan fingerprint density at radius 1 is 0.875 bits per heavy atom. The summed E-state index contributed by atoms with van der Waals surface area (Å²) in [6.45, 7) is 3.80. The average Bonchev–Trinajstić information content (AvgIpc) is 2.54. The molecule has 6 heteroatoms. The third kappa shape index (κ3) is 4.73. The molecular weight excluding hydrogens is 351 g/mol. The van der Waals surface area contributed by atoms with Gasteiger partial charge in [0.1, 0.15) is 10.8 Å². The molecule has 0 fully saturated rings. The van der Waals surface area contributed by atoms with Crippen LogP contribution in [0.1, 0.15) is 24.0 Å². The van der Waals surface area contributed by atoms with Crippen molar-refractivity contribution in [1.29, 1.82) is 0 Å². The number of carbonyl (C=O) groups excluding carboxylic acids is 2. The van der Waals surface area contributed by atoms with Crippen molar-refractivity contribution in [2.75, 3.05) is 0 Å². The average molecular weight is 367 g/mol. The fourth-order valence-electron chi connectivity index (χ4n) is 1.95. The summed E-state index contributed by atoms with van der Waals surface area (Å²) < 4.78 is 10.4. The first-order valence-electron chi connectivity index (χ1n) is 7.30. The number of hydrogen-bond acceptors (Lipinski definition) is 4. The van der Waals surface area contributed by atoms with Crippen LogP contribution in [0.5, 0.6) is 11.5 Å². The number of aryl methyl sites for hydroxylation is 1. The molecule has 0 saturated heterocycles. The Bertz CT molecular complexity index is 706. The molecule has 0 heterocycles. The second kappa shape index (κ2) is 8.18. The van der Waals surface area contributed by atoms with E-state index in [0.717, 1.165) is 11.1 Å². The first-order valence-corrected chi connectivity index (χ1v) is 8.05. The Balaban J connectivity index is 1.88. The van der Waals surface area contributed by atoms with Gasteiger partial charge in [0.25, 0.3) is 0 Å². The van der Waals surface area contributed by atoms with E-state index in [1.807, 2.05) is 19.9 Å². The van der Waals surface area contributed by atoms with Crippen molar-refractivity contribution in [3.05, 3.63) is 57.6 Å². The highest BCUT2D eigenvalue weighted by Gasteiger charge is 2.14. The zero-order valence-corrected chi connectivity index (χ0v) is 14.8. The van der Waals surface area contributed by atoms with Crippen LogP contribution in [0.25, 0.3) is 0 Å². The number of hydrogen-bond donors (Lipinski definition) is 0. The second-order valence-electron chi connectivity index (χ2n) is 5.20. The lowest BCUT2D eigenvalue weighted by molar-refractivity contribution is -0.140. The van der Waals surface area contributed by atoms with Gasteiger partial charge in [0.15, 0.2) is 5.75 Å². The van der Waals surface area contributed by atoms with E-state index in [2.05, 4.69) is 0 Å². The molecule has 126 valence electrons. The molecule has 0 spiro atoms. The number of ether oxygens (including phenoxy) is 2. The maximum atomic E-state index is 11.9. The Morgan fingerprint density at radius 2 is 1.42 bits per heavy atom. The monoisotopic (exact) mass is 366 g/mol. The molecule has 2 rings (SSSR count). The molecule has 0 saturated carbocycles. The van der Waals surface area contributed by atoms with Gasteiger partial charge in [0.05, 0.1) is 17.9 Å². The van der Waals surface area contributed by atoms with Crippen LogP contribution in [0.4, 0.5) is 0 Å². The van der Waals surface area contributed by atoms with Gasteiger partial charge in [-0.05, 0) is 43.2 Å². The molecule has 0 aromatic heterocycles. The molecule has 24 heavy (non-hydrogen) atoms. The zero-order valence-electron chi connectivity index (χ0n) is 13.3. The van der Waals surface area contributed by atoms with Crippen LogP contribution < -0.4 is 9.47 Å². The molecule has 0 unspecified atom stereocenters. The molecular formula is C18H16Cl2O4. The van der Waals surface area contributed by atoms with Crippen molar-refractivity contribution in [2.24, 2.45) is 0 Å². The first kappa shape index (κ1) is 18.3. The largest absolute Gasteiger partial charge is 0.426 e. The summed E-state index contributed by atoms with van der Waals surface area (Å²) in [7, 11) is 0. The summed E-state index contributed by atoms with van der Waals surface area (Å²) in [4.78, 5) is 23.7. The fourth-order valence-corrected chi connectivity index (χ4v) is 2.28. The van der Waals surface area contributed by atoms with Gasteiger partial charge in [0.2, 0.25) is 0 Å². The van der Waals surface area contributed by atoms with Crippen molar-refractivity contribution in [1.82, 2.24) is 0 Å². The maximum absolute atomic E-state index is 11.9. The van der Waals surface area contributed by atoms with E-state index in [4.69, 9.17) is 32.7 Å². The summed E-state index contributed by atoms with van der Waals surface area (Å²) in [5, 5.41) is 0.446. The van der Waals surface area contributed by atoms with E-state index in [9.17, 15) is 9.59 Å². The summed E-state index contributed by atoms with van der Waals surface area (Å²) in [5.41, 5.74) is 1.91. The normalized spacial score (nSPS) is 10.3. The molecule has 0 aliphatic heterocycles. The third-order valence-corrected chi connectivity index (χ3v) is 4.25. The lowest BCUT2D eigenvalue weighted by Crippen LogP contribution is -2.14. The quantitative estimate of drug-likeness (QED) is 0.557. The smallest absolute Gasteiger partial charge is 0.311 e. The topological polar surface area (TPSA) is 52.6 Å². The van der Waals surface area contributed by atoms with E-state index >= 15 is 0 Å². The van der Waals surface area contributed by atoms with Crippen molar-refractivity contribution in [3.63, 3.8) is 0 Å².